The zero-order chi connectivity index (χ0) is 7.28. The van der Waals surface area contributed by atoms with Crippen LogP contribution >= 0.6 is 0 Å². The molecule has 1 N–H and O–H groups in total. The Labute approximate surface area is 54.3 Å². The molecule has 0 aliphatic carbocycles. The van der Waals surface area contributed by atoms with Crippen LogP contribution in [0.15, 0.2) is 0 Å². The first-order valence-corrected chi connectivity index (χ1v) is 3.78. The highest BCUT2D eigenvalue weighted by Gasteiger charge is 2.03. The summed E-state index contributed by atoms with van der Waals surface area (Å²) in [5.74, 6) is -1.78. The average Bonchev–Trinajstić information content (AvgIpc) is 1.63. The number of alkyl halides is 1. The van der Waals surface area contributed by atoms with Crippen molar-refractivity contribution in [1.82, 2.24) is 0 Å². The van der Waals surface area contributed by atoms with Gasteiger partial charge in [0.05, 0.1) is 5.75 Å². The monoisotopic (exact) mass is 154 g/mol. The summed E-state index contributed by atoms with van der Waals surface area (Å²) in [5, 5.41) is 8.00. The van der Waals surface area contributed by atoms with E-state index in [1.807, 2.05) is 0 Å². The molecule has 54 valence electrons. The Bertz CT molecular complexity index is 125. The van der Waals surface area contributed by atoms with Gasteiger partial charge in [0.1, 0.15) is 12.4 Å². The van der Waals surface area contributed by atoms with Crippen molar-refractivity contribution in [3.63, 3.8) is 0 Å². The molecule has 0 saturated heterocycles. The predicted molar refractivity (Wildman–Crippen MR) is 31.5 cm³/mol. The lowest BCUT2D eigenvalue weighted by Crippen LogP contribution is -2.12. The molecule has 3 nitrogen and oxygen atoms in total. The minimum absolute atomic E-state index is 0.174. The summed E-state index contributed by atoms with van der Waals surface area (Å²) in [5.41, 5.74) is 0. The number of carboxylic acid groups (broad SMARTS) is 1. The Morgan fingerprint density at radius 2 is 2.22 bits per heavy atom. The molecule has 9 heavy (non-hydrogen) atoms. The maximum atomic E-state index is 11.3. The number of aliphatic carboxylic acids is 1. The molecule has 0 bridgehead atoms. The molecule has 0 fully saturated rings. The van der Waals surface area contributed by atoms with Gasteiger partial charge in [-0.3, -0.25) is 13.4 Å². The third kappa shape index (κ3) is 5.42. The van der Waals surface area contributed by atoms with E-state index in [1.165, 1.54) is 0 Å². The fraction of sp³-hybridized carbons (Fsp3) is 0.750. The highest BCUT2D eigenvalue weighted by Crippen LogP contribution is 1.82. The topological polar surface area (TPSA) is 54.4 Å². The molecule has 0 saturated carbocycles. The van der Waals surface area contributed by atoms with Gasteiger partial charge < -0.3 is 5.11 Å². The normalized spacial score (nSPS) is 13.0. The van der Waals surface area contributed by atoms with E-state index in [0.29, 0.717) is 0 Å². The van der Waals surface area contributed by atoms with Crippen LogP contribution < -0.4 is 0 Å². The van der Waals surface area contributed by atoms with Crippen LogP contribution in [0.5, 0.6) is 0 Å². The molecule has 0 aromatic carbocycles. The van der Waals surface area contributed by atoms with Crippen molar-refractivity contribution in [2.75, 3.05) is 18.2 Å². The summed E-state index contributed by atoms with van der Waals surface area (Å²) in [6.07, 6.45) is 0. The van der Waals surface area contributed by atoms with Gasteiger partial charge in [0.2, 0.25) is 0 Å². The van der Waals surface area contributed by atoms with Gasteiger partial charge in [-0.15, -0.1) is 0 Å². The third-order valence-electron chi connectivity index (χ3n) is 0.589. The van der Waals surface area contributed by atoms with Crippen molar-refractivity contribution < 1.29 is 18.5 Å². The molecule has 0 rings (SSSR count). The Balaban J connectivity index is 3.39. The van der Waals surface area contributed by atoms with E-state index in [0.717, 1.165) is 0 Å². The second kappa shape index (κ2) is 4.43. The maximum absolute atomic E-state index is 11.3. The molecule has 0 aromatic rings. The first-order chi connectivity index (χ1) is 4.16. The summed E-state index contributed by atoms with van der Waals surface area (Å²) in [7, 11) is -1.52. The largest absolute Gasteiger partial charge is 0.481 e. The zero-order valence-electron chi connectivity index (χ0n) is 4.67. The van der Waals surface area contributed by atoms with Gasteiger partial charge in [-0.05, 0) is 0 Å². The van der Waals surface area contributed by atoms with Crippen LogP contribution in [0.2, 0.25) is 0 Å². The van der Waals surface area contributed by atoms with Gasteiger partial charge in [0.15, 0.2) is 0 Å². The third-order valence-corrected chi connectivity index (χ3v) is 1.77. The van der Waals surface area contributed by atoms with E-state index in [4.69, 9.17) is 5.11 Å². The quantitative estimate of drug-likeness (QED) is 0.609. The zero-order valence-corrected chi connectivity index (χ0v) is 5.49. The second-order valence-electron chi connectivity index (χ2n) is 1.37. The molecule has 1 atom stereocenters. The van der Waals surface area contributed by atoms with Crippen LogP contribution in [0.1, 0.15) is 0 Å². The number of hydrogen-bond acceptors (Lipinski definition) is 2. The molecule has 0 spiro atoms. The summed E-state index contributed by atoms with van der Waals surface area (Å²) in [6, 6.07) is 0. The SMILES string of the molecule is O=C(O)CS(=O)CCF. The van der Waals surface area contributed by atoms with E-state index in [2.05, 4.69) is 0 Å². The molecule has 0 aliphatic rings. The summed E-state index contributed by atoms with van der Waals surface area (Å²) in [4.78, 5) is 9.77. The van der Waals surface area contributed by atoms with E-state index in [9.17, 15) is 13.4 Å². The lowest BCUT2D eigenvalue weighted by atomic mass is 10.8. The number of rotatable bonds is 4. The minimum atomic E-state index is -1.52. The number of carbonyl (C=O) groups is 1. The Morgan fingerprint density at radius 1 is 1.67 bits per heavy atom. The lowest BCUT2D eigenvalue weighted by molar-refractivity contribution is -0.133. The summed E-state index contributed by atoms with van der Waals surface area (Å²) in [6.45, 7) is -0.722. The standard InChI is InChI=1S/C4H7FO3S/c5-1-2-9(8)3-4(6)7/h1-3H2,(H,6,7). The Morgan fingerprint density at radius 3 is 2.56 bits per heavy atom. The summed E-state index contributed by atoms with van der Waals surface area (Å²) < 4.78 is 21.7. The maximum Gasteiger partial charge on any atom is 0.316 e. The van der Waals surface area contributed by atoms with Crippen LogP contribution in [-0.2, 0) is 15.6 Å². The molecular formula is C4H7FO3S. The first-order valence-electron chi connectivity index (χ1n) is 2.29. The van der Waals surface area contributed by atoms with Crippen LogP contribution in [-0.4, -0.2) is 33.5 Å². The molecule has 0 aliphatic heterocycles. The van der Waals surface area contributed by atoms with Crippen molar-refractivity contribution in [2.45, 2.75) is 0 Å². The fourth-order valence-corrected chi connectivity index (χ4v) is 0.888. The molecular weight excluding hydrogens is 147 g/mol. The van der Waals surface area contributed by atoms with Gasteiger partial charge in [0, 0.05) is 10.8 Å². The van der Waals surface area contributed by atoms with Crippen molar-refractivity contribution in [3.05, 3.63) is 0 Å². The number of halogens is 1. The van der Waals surface area contributed by atoms with Crippen LogP contribution in [0.25, 0.3) is 0 Å². The Kier molecular flexibility index (Phi) is 4.21. The van der Waals surface area contributed by atoms with Gasteiger partial charge in [-0.25, -0.2) is 0 Å². The number of hydrogen-bond donors (Lipinski definition) is 1. The van der Waals surface area contributed by atoms with Gasteiger partial charge in [-0.2, -0.15) is 0 Å². The van der Waals surface area contributed by atoms with Crippen LogP contribution in [0.3, 0.4) is 0 Å². The smallest absolute Gasteiger partial charge is 0.316 e. The average molecular weight is 154 g/mol. The fourth-order valence-electron chi connectivity index (χ4n) is 0.296. The Hall–Kier alpha value is -0.450. The van der Waals surface area contributed by atoms with E-state index in [1.54, 1.807) is 0 Å². The van der Waals surface area contributed by atoms with E-state index in [-0.39, 0.29) is 5.75 Å². The minimum Gasteiger partial charge on any atom is -0.481 e. The molecule has 0 aromatic heterocycles. The first kappa shape index (κ1) is 8.55. The van der Waals surface area contributed by atoms with E-state index >= 15 is 0 Å². The van der Waals surface area contributed by atoms with Crippen molar-refractivity contribution >= 4 is 16.8 Å². The van der Waals surface area contributed by atoms with Gasteiger partial charge >= 0.3 is 5.97 Å². The number of carboxylic acids is 1. The van der Waals surface area contributed by atoms with E-state index < -0.39 is 29.2 Å². The summed E-state index contributed by atoms with van der Waals surface area (Å²) >= 11 is 0. The molecule has 0 radical (unpaired) electrons. The highest BCUT2D eigenvalue weighted by atomic mass is 32.2. The van der Waals surface area contributed by atoms with Crippen molar-refractivity contribution in [3.8, 4) is 0 Å². The highest BCUT2D eigenvalue weighted by molar-refractivity contribution is 7.85. The van der Waals surface area contributed by atoms with Crippen LogP contribution in [0, 0.1) is 0 Å². The van der Waals surface area contributed by atoms with Gasteiger partial charge in [0.25, 0.3) is 0 Å². The predicted octanol–water partition coefficient (Wildman–Crippen LogP) is -0.211. The molecule has 0 heterocycles. The molecule has 0 amide bonds. The van der Waals surface area contributed by atoms with Crippen molar-refractivity contribution in [1.29, 1.82) is 0 Å². The van der Waals surface area contributed by atoms with Gasteiger partial charge in [-0.1, -0.05) is 0 Å². The molecule has 5 heteroatoms. The van der Waals surface area contributed by atoms with Crippen molar-refractivity contribution in [2.24, 2.45) is 0 Å². The lowest BCUT2D eigenvalue weighted by Gasteiger charge is -1.90. The molecule has 1 unspecified atom stereocenters. The second-order valence-corrected chi connectivity index (χ2v) is 2.95. The van der Waals surface area contributed by atoms with Crippen LogP contribution in [0.4, 0.5) is 4.39 Å².